The highest BCUT2D eigenvalue weighted by atomic mass is 19.4. The topological polar surface area (TPSA) is 188 Å². The Kier molecular flexibility index (Phi) is 12.6. The van der Waals surface area contributed by atoms with Crippen molar-refractivity contribution in [3.05, 3.63) is 17.3 Å². The molecule has 1 aliphatic heterocycles. The van der Waals surface area contributed by atoms with Crippen LogP contribution in [0.2, 0.25) is 0 Å². The molecule has 208 valence electrons. The molecule has 1 amide bonds. The van der Waals surface area contributed by atoms with E-state index in [4.69, 9.17) is 35.5 Å². The summed E-state index contributed by atoms with van der Waals surface area (Å²) in [5.74, 6) is -5.71. The summed E-state index contributed by atoms with van der Waals surface area (Å²) in [5.41, 5.74) is 6.45. The van der Waals surface area contributed by atoms with Gasteiger partial charge in [0.2, 0.25) is 5.88 Å². The normalized spacial score (nSPS) is 14.5. The van der Waals surface area contributed by atoms with Crippen molar-refractivity contribution >= 4 is 23.5 Å². The zero-order valence-electron chi connectivity index (χ0n) is 19.6. The van der Waals surface area contributed by atoms with Crippen LogP contribution in [0, 0.1) is 16.7 Å². The number of carbonyl (C=O) groups excluding carboxylic acids is 1. The summed E-state index contributed by atoms with van der Waals surface area (Å²) in [4.78, 5) is 34.3. The number of nitrogens with zero attached hydrogens (tertiary/aromatic N) is 2. The number of hydrogen-bond acceptors (Lipinski definition) is 8. The smallest absolute Gasteiger partial charge is 0.477 e. The molecule has 2 rings (SSSR count). The summed E-state index contributed by atoms with van der Waals surface area (Å²) in [7, 11) is 0. The molecule has 0 aromatic carbocycles. The number of nitriles is 1. The number of nitrogens with one attached hydrogen (secondary N) is 2. The van der Waals surface area contributed by atoms with Gasteiger partial charge in [-0.15, -0.1) is 0 Å². The summed E-state index contributed by atoms with van der Waals surface area (Å²) in [6.45, 7) is 6.80. The molecule has 2 heterocycles. The second-order valence-electron chi connectivity index (χ2n) is 7.67. The Morgan fingerprint density at radius 2 is 1.62 bits per heavy atom. The van der Waals surface area contributed by atoms with Crippen LogP contribution in [-0.2, 0) is 9.59 Å². The van der Waals surface area contributed by atoms with Gasteiger partial charge in [-0.1, -0.05) is 6.92 Å². The Labute approximate surface area is 206 Å². The van der Waals surface area contributed by atoms with Gasteiger partial charge in [-0.05, 0) is 44.3 Å². The van der Waals surface area contributed by atoms with Gasteiger partial charge < -0.3 is 31.3 Å². The van der Waals surface area contributed by atoms with Crippen molar-refractivity contribution in [2.24, 2.45) is 5.41 Å². The first-order valence-corrected chi connectivity index (χ1v) is 10.3. The number of rotatable bonds is 5. The first-order chi connectivity index (χ1) is 16.9. The first kappa shape index (κ1) is 33.2. The molecule has 11 nitrogen and oxygen atoms in total. The van der Waals surface area contributed by atoms with Gasteiger partial charge in [-0.2, -0.15) is 31.6 Å². The van der Waals surface area contributed by atoms with Gasteiger partial charge in [-0.3, -0.25) is 4.79 Å². The highest BCUT2D eigenvalue weighted by molar-refractivity contribution is 5.93. The van der Waals surface area contributed by atoms with Gasteiger partial charge in [0, 0.05) is 6.54 Å². The van der Waals surface area contributed by atoms with Gasteiger partial charge in [0.25, 0.3) is 5.91 Å². The average molecular weight is 545 g/mol. The predicted octanol–water partition coefficient (Wildman–Crippen LogP) is 2.32. The molecular formula is C20H25F6N5O6. The summed E-state index contributed by atoms with van der Waals surface area (Å²) >= 11 is 0. The van der Waals surface area contributed by atoms with Gasteiger partial charge in [0.05, 0.1) is 12.3 Å². The van der Waals surface area contributed by atoms with Crippen LogP contribution in [0.15, 0.2) is 6.07 Å². The molecule has 17 heteroatoms. The Hall–Kier alpha value is -3.81. The number of carboxylic acid groups (broad SMARTS) is 2. The van der Waals surface area contributed by atoms with E-state index in [2.05, 4.69) is 22.5 Å². The fourth-order valence-electron chi connectivity index (χ4n) is 2.60. The number of alkyl halides is 6. The number of anilines is 1. The number of aliphatic carboxylic acids is 2. The van der Waals surface area contributed by atoms with Crippen molar-refractivity contribution in [3.8, 4) is 11.9 Å². The molecule has 0 saturated carbocycles. The Morgan fingerprint density at radius 3 is 2.00 bits per heavy atom. The molecule has 0 aliphatic carbocycles. The lowest BCUT2D eigenvalue weighted by Gasteiger charge is -2.34. The number of carbonyl (C=O) groups is 3. The maximum atomic E-state index is 12.4. The van der Waals surface area contributed by atoms with E-state index in [1.54, 1.807) is 6.92 Å². The molecule has 37 heavy (non-hydrogen) atoms. The van der Waals surface area contributed by atoms with Crippen molar-refractivity contribution in [2.45, 2.75) is 39.0 Å². The van der Waals surface area contributed by atoms with Crippen LogP contribution < -0.4 is 21.1 Å². The molecular weight excluding hydrogens is 520 g/mol. The zero-order valence-corrected chi connectivity index (χ0v) is 19.6. The van der Waals surface area contributed by atoms with Gasteiger partial charge >= 0.3 is 24.3 Å². The molecule has 0 bridgehead atoms. The minimum absolute atomic E-state index is 0.0851. The lowest BCUT2D eigenvalue weighted by Crippen LogP contribution is -2.43. The maximum Gasteiger partial charge on any atom is 0.490 e. The number of aromatic nitrogens is 1. The minimum atomic E-state index is -5.08. The molecule has 0 atom stereocenters. The van der Waals surface area contributed by atoms with Crippen LogP contribution in [0.1, 0.15) is 42.7 Å². The third-order valence-corrected chi connectivity index (χ3v) is 4.61. The second-order valence-corrected chi connectivity index (χ2v) is 7.67. The van der Waals surface area contributed by atoms with E-state index in [0.29, 0.717) is 13.2 Å². The average Bonchev–Trinajstić information content (AvgIpc) is 2.77. The SMILES string of the molecule is CCOc1nc(C(=O)NCC2(C)CCNCC2)cc(N)c1C#N.O=C(O)C(F)(F)F.O=C(O)C(F)(F)F. The number of hydrogen-bond donors (Lipinski definition) is 5. The lowest BCUT2D eigenvalue weighted by molar-refractivity contribution is -0.193. The molecule has 6 N–H and O–H groups in total. The molecule has 0 radical (unpaired) electrons. The van der Waals surface area contributed by atoms with Crippen molar-refractivity contribution < 1.29 is 55.7 Å². The Morgan fingerprint density at radius 1 is 1.16 bits per heavy atom. The van der Waals surface area contributed by atoms with E-state index >= 15 is 0 Å². The van der Waals surface area contributed by atoms with E-state index in [0.717, 1.165) is 25.9 Å². The van der Waals surface area contributed by atoms with Crippen LogP contribution in [0.4, 0.5) is 32.0 Å². The molecule has 1 aromatic rings. The maximum absolute atomic E-state index is 12.4. The number of nitrogen functional groups attached to an aromatic ring is 1. The fraction of sp³-hybridized carbons (Fsp3) is 0.550. The number of carboxylic acids is 2. The van der Waals surface area contributed by atoms with Crippen LogP contribution in [0.5, 0.6) is 5.88 Å². The molecule has 1 saturated heterocycles. The van der Waals surface area contributed by atoms with E-state index in [-0.39, 0.29) is 34.1 Å². The van der Waals surface area contributed by atoms with Crippen molar-refractivity contribution in [1.82, 2.24) is 15.6 Å². The van der Waals surface area contributed by atoms with Crippen molar-refractivity contribution in [3.63, 3.8) is 0 Å². The third-order valence-electron chi connectivity index (χ3n) is 4.61. The second kappa shape index (κ2) is 14.1. The predicted molar refractivity (Wildman–Crippen MR) is 114 cm³/mol. The minimum Gasteiger partial charge on any atom is -0.477 e. The monoisotopic (exact) mass is 545 g/mol. The van der Waals surface area contributed by atoms with Crippen molar-refractivity contribution in [1.29, 1.82) is 5.26 Å². The summed E-state index contributed by atoms with van der Waals surface area (Å²) in [6, 6.07) is 3.37. The van der Waals surface area contributed by atoms with Crippen LogP contribution in [0.3, 0.4) is 0 Å². The molecule has 0 unspecified atom stereocenters. The van der Waals surface area contributed by atoms with Crippen LogP contribution in [-0.4, -0.2) is 71.6 Å². The Balaban J connectivity index is 0.000000761. The summed E-state index contributed by atoms with van der Waals surface area (Å²) < 4.78 is 68.8. The lowest BCUT2D eigenvalue weighted by atomic mass is 9.81. The largest absolute Gasteiger partial charge is 0.490 e. The van der Waals surface area contributed by atoms with Crippen LogP contribution >= 0.6 is 0 Å². The fourth-order valence-corrected chi connectivity index (χ4v) is 2.60. The summed E-state index contributed by atoms with van der Waals surface area (Å²) in [6.07, 6.45) is -8.14. The number of halogens is 6. The first-order valence-electron chi connectivity index (χ1n) is 10.3. The van der Waals surface area contributed by atoms with Gasteiger partial charge in [0.15, 0.2) is 0 Å². The van der Waals surface area contributed by atoms with E-state index in [9.17, 15) is 31.1 Å². The highest BCUT2D eigenvalue weighted by Crippen LogP contribution is 2.27. The summed E-state index contributed by atoms with van der Waals surface area (Å²) in [5, 5.41) is 29.6. The van der Waals surface area contributed by atoms with Crippen LogP contribution in [0.25, 0.3) is 0 Å². The number of piperidine rings is 1. The third kappa shape index (κ3) is 12.1. The number of ether oxygens (including phenoxy) is 1. The Bertz CT molecular complexity index is 964. The van der Waals surface area contributed by atoms with E-state index in [1.165, 1.54) is 6.07 Å². The van der Waals surface area contributed by atoms with Gasteiger partial charge in [0.1, 0.15) is 17.3 Å². The molecule has 1 aromatic heterocycles. The highest BCUT2D eigenvalue weighted by Gasteiger charge is 2.38. The van der Waals surface area contributed by atoms with E-state index < -0.39 is 24.3 Å². The quantitative estimate of drug-likeness (QED) is 0.344. The van der Waals surface area contributed by atoms with Gasteiger partial charge in [-0.25, -0.2) is 14.6 Å². The number of amides is 1. The number of nitrogens with two attached hydrogens (primary N) is 1. The number of pyridine rings is 1. The zero-order chi connectivity index (χ0) is 29.0. The molecule has 0 spiro atoms. The molecule has 1 aliphatic rings. The molecule has 1 fully saturated rings. The standard InChI is InChI=1S/C16H23N5O2.2C2HF3O2/c1-3-23-15-11(9-17)12(18)8-13(21-15)14(22)20-10-16(2)4-6-19-7-5-16;2*3-2(4,5)1(6)7/h8,19H,3-7,10H2,1-2H3,(H2,18,21)(H,20,22);2*(H,6,7). The van der Waals surface area contributed by atoms with Crippen molar-refractivity contribution in [2.75, 3.05) is 32.0 Å². The van der Waals surface area contributed by atoms with E-state index in [1.807, 2.05) is 6.07 Å².